The Morgan fingerprint density at radius 3 is 2.88 bits per heavy atom. The summed E-state index contributed by atoms with van der Waals surface area (Å²) in [6, 6.07) is 4.36. The fraction of sp³-hybridized carbons (Fsp3) is 0.615. The van der Waals surface area contributed by atoms with Gasteiger partial charge in [0.1, 0.15) is 0 Å². The molecule has 17 heavy (non-hydrogen) atoms. The quantitative estimate of drug-likeness (QED) is 0.783. The van der Waals surface area contributed by atoms with E-state index >= 15 is 0 Å². The minimum absolute atomic E-state index is 0.317. The van der Waals surface area contributed by atoms with Crippen molar-refractivity contribution >= 4 is 0 Å². The highest BCUT2D eigenvalue weighted by atomic mass is 16.5. The second kappa shape index (κ2) is 7.25. The lowest BCUT2D eigenvalue weighted by molar-refractivity contribution is 0.218. The van der Waals surface area contributed by atoms with Gasteiger partial charge in [-0.15, -0.1) is 0 Å². The summed E-state index contributed by atoms with van der Waals surface area (Å²) < 4.78 is 5.31. The first-order valence-electron chi connectivity index (χ1n) is 6.12. The van der Waals surface area contributed by atoms with E-state index in [1.54, 1.807) is 13.3 Å². The Kier molecular flexibility index (Phi) is 5.94. The molecule has 0 aliphatic rings. The maximum absolute atomic E-state index is 5.31. The monoisotopic (exact) mass is 237 g/mol. The maximum Gasteiger partial charge on any atom is 0.217 e. The molecule has 0 unspecified atom stereocenters. The molecule has 4 heteroatoms. The number of aromatic nitrogens is 1. The Hall–Kier alpha value is -1.13. The van der Waals surface area contributed by atoms with Gasteiger partial charge in [-0.2, -0.15) is 0 Å². The summed E-state index contributed by atoms with van der Waals surface area (Å²) in [4.78, 5) is 6.65. The average molecular weight is 237 g/mol. The summed E-state index contributed by atoms with van der Waals surface area (Å²) in [7, 11) is 3.64. The molecule has 1 aromatic heterocycles. The van der Waals surface area contributed by atoms with Gasteiger partial charge in [0.15, 0.2) is 0 Å². The number of pyridine rings is 1. The zero-order valence-electron chi connectivity index (χ0n) is 11.2. The van der Waals surface area contributed by atoms with E-state index in [4.69, 9.17) is 4.74 Å². The lowest BCUT2D eigenvalue weighted by atomic mass is 10.1. The van der Waals surface area contributed by atoms with E-state index in [0.29, 0.717) is 6.04 Å². The van der Waals surface area contributed by atoms with Crippen LogP contribution in [-0.4, -0.2) is 43.7 Å². The van der Waals surface area contributed by atoms with Gasteiger partial charge in [0, 0.05) is 30.9 Å². The molecule has 0 amide bonds. The molecule has 1 aromatic rings. The maximum atomic E-state index is 5.31. The Morgan fingerprint density at radius 1 is 1.53 bits per heavy atom. The van der Waals surface area contributed by atoms with Crippen LogP contribution in [0.15, 0.2) is 18.3 Å². The zero-order chi connectivity index (χ0) is 12.7. The van der Waals surface area contributed by atoms with Crippen LogP contribution in [0.4, 0.5) is 0 Å². The van der Waals surface area contributed by atoms with Crippen molar-refractivity contribution in [2.75, 3.05) is 33.8 Å². The molecule has 1 atom stereocenters. The standard InChI is InChI=1S/C13H23N3O/c1-5-16(10-9-14-3)11(2)12-7-6-8-15-13(12)17-4/h6-8,11,14H,5,9-10H2,1-4H3/t11-/m1/s1. The third-order valence-corrected chi connectivity index (χ3v) is 3.05. The third kappa shape index (κ3) is 3.68. The highest BCUT2D eigenvalue weighted by Crippen LogP contribution is 2.26. The molecule has 1 heterocycles. The van der Waals surface area contributed by atoms with E-state index < -0.39 is 0 Å². The molecule has 0 saturated heterocycles. The van der Waals surface area contributed by atoms with Crippen molar-refractivity contribution in [1.29, 1.82) is 0 Å². The molecule has 0 aromatic carbocycles. The van der Waals surface area contributed by atoms with Crippen LogP contribution >= 0.6 is 0 Å². The zero-order valence-corrected chi connectivity index (χ0v) is 11.2. The number of likely N-dealkylation sites (N-methyl/N-ethyl adjacent to an activating group) is 2. The van der Waals surface area contributed by atoms with Crippen molar-refractivity contribution < 1.29 is 4.74 Å². The summed E-state index contributed by atoms with van der Waals surface area (Å²) in [5.41, 5.74) is 1.15. The van der Waals surface area contributed by atoms with Gasteiger partial charge in [0.2, 0.25) is 5.88 Å². The Morgan fingerprint density at radius 2 is 2.29 bits per heavy atom. The number of methoxy groups -OCH3 is 1. The molecule has 1 N–H and O–H groups in total. The normalized spacial score (nSPS) is 12.8. The van der Waals surface area contributed by atoms with Crippen LogP contribution in [0.3, 0.4) is 0 Å². The van der Waals surface area contributed by atoms with Gasteiger partial charge in [-0.3, -0.25) is 4.90 Å². The minimum Gasteiger partial charge on any atom is -0.481 e. The fourth-order valence-electron chi connectivity index (χ4n) is 1.97. The van der Waals surface area contributed by atoms with Crippen LogP contribution in [0.5, 0.6) is 5.88 Å². The molecule has 1 rings (SSSR count). The van der Waals surface area contributed by atoms with E-state index in [1.807, 2.05) is 13.1 Å². The molecule has 96 valence electrons. The predicted molar refractivity (Wildman–Crippen MR) is 70.4 cm³/mol. The number of ether oxygens (including phenoxy) is 1. The van der Waals surface area contributed by atoms with Gasteiger partial charge >= 0.3 is 0 Å². The highest BCUT2D eigenvalue weighted by molar-refractivity contribution is 5.28. The van der Waals surface area contributed by atoms with E-state index in [-0.39, 0.29) is 0 Å². The van der Waals surface area contributed by atoms with Crippen molar-refractivity contribution in [2.24, 2.45) is 0 Å². The highest BCUT2D eigenvalue weighted by Gasteiger charge is 2.17. The summed E-state index contributed by atoms with van der Waals surface area (Å²) in [5.74, 6) is 0.725. The molecule has 0 radical (unpaired) electrons. The first-order chi connectivity index (χ1) is 8.24. The van der Waals surface area contributed by atoms with Gasteiger partial charge < -0.3 is 10.1 Å². The van der Waals surface area contributed by atoms with Crippen LogP contribution in [0.1, 0.15) is 25.5 Å². The van der Waals surface area contributed by atoms with Crippen LogP contribution in [0.2, 0.25) is 0 Å². The van der Waals surface area contributed by atoms with Crippen LogP contribution in [0, 0.1) is 0 Å². The van der Waals surface area contributed by atoms with Crippen LogP contribution in [0.25, 0.3) is 0 Å². The number of rotatable bonds is 7. The summed E-state index contributed by atoms with van der Waals surface area (Å²) >= 11 is 0. The summed E-state index contributed by atoms with van der Waals surface area (Å²) in [6.45, 7) is 7.39. The molecule has 0 fully saturated rings. The van der Waals surface area contributed by atoms with E-state index in [9.17, 15) is 0 Å². The molecular weight excluding hydrogens is 214 g/mol. The first kappa shape index (κ1) is 13.9. The molecule has 0 saturated carbocycles. The number of hydrogen-bond donors (Lipinski definition) is 1. The van der Waals surface area contributed by atoms with Crippen molar-refractivity contribution in [2.45, 2.75) is 19.9 Å². The van der Waals surface area contributed by atoms with Crippen molar-refractivity contribution in [3.8, 4) is 5.88 Å². The molecule has 4 nitrogen and oxygen atoms in total. The average Bonchev–Trinajstić information content (AvgIpc) is 2.39. The van der Waals surface area contributed by atoms with Gasteiger partial charge in [-0.05, 0) is 26.6 Å². The fourth-order valence-corrected chi connectivity index (χ4v) is 1.97. The smallest absolute Gasteiger partial charge is 0.217 e. The molecule has 0 aliphatic heterocycles. The predicted octanol–water partition coefficient (Wildman–Crippen LogP) is 1.69. The van der Waals surface area contributed by atoms with Crippen LogP contribution in [-0.2, 0) is 0 Å². The molecule has 0 bridgehead atoms. The van der Waals surface area contributed by atoms with Crippen molar-refractivity contribution in [3.05, 3.63) is 23.9 Å². The van der Waals surface area contributed by atoms with Gasteiger partial charge in [0.05, 0.1) is 7.11 Å². The van der Waals surface area contributed by atoms with Crippen LogP contribution < -0.4 is 10.1 Å². The lowest BCUT2D eigenvalue weighted by Gasteiger charge is -2.28. The van der Waals surface area contributed by atoms with Gasteiger partial charge in [0.25, 0.3) is 0 Å². The Bertz CT molecular complexity index is 330. The number of nitrogens with zero attached hydrogens (tertiary/aromatic N) is 2. The molecular formula is C13H23N3O. The first-order valence-corrected chi connectivity index (χ1v) is 6.12. The molecule has 0 spiro atoms. The second-order valence-corrected chi connectivity index (χ2v) is 4.01. The third-order valence-electron chi connectivity index (χ3n) is 3.05. The number of nitrogens with one attached hydrogen (secondary N) is 1. The van der Waals surface area contributed by atoms with Gasteiger partial charge in [-0.1, -0.05) is 13.0 Å². The van der Waals surface area contributed by atoms with Gasteiger partial charge in [-0.25, -0.2) is 4.98 Å². The summed E-state index contributed by atoms with van der Waals surface area (Å²) in [5, 5.41) is 3.18. The largest absolute Gasteiger partial charge is 0.481 e. The van der Waals surface area contributed by atoms with E-state index in [2.05, 4.69) is 35.1 Å². The Labute approximate surface area is 104 Å². The van der Waals surface area contributed by atoms with E-state index in [0.717, 1.165) is 31.1 Å². The summed E-state index contributed by atoms with van der Waals surface area (Å²) in [6.07, 6.45) is 1.76. The molecule has 0 aliphatic carbocycles. The SMILES string of the molecule is CCN(CCNC)[C@H](C)c1cccnc1OC. The second-order valence-electron chi connectivity index (χ2n) is 4.01. The topological polar surface area (TPSA) is 37.4 Å². The minimum atomic E-state index is 0.317. The van der Waals surface area contributed by atoms with E-state index in [1.165, 1.54) is 0 Å². The Balaban J connectivity index is 2.81. The van der Waals surface area contributed by atoms with Crippen molar-refractivity contribution in [1.82, 2.24) is 15.2 Å². The number of hydrogen-bond acceptors (Lipinski definition) is 4. The van der Waals surface area contributed by atoms with Crippen molar-refractivity contribution in [3.63, 3.8) is 0 Å². The lowest BCUT2D eigenvalue weighted by Crippen LogP contribution is -2.33.